The van der Waals surface area contributed by atoms with Crippen molar-refractivity contribution in [3.05, 3.63) is 16.1 Å². The molecule has 0 aliphatic carbocycles. The van der Waals surface area contributed by atoms with Crippen molar-refractivity contribution in [2.45, 2.75) is 31.7 Å². The van der Waals surface area contributed by atoms with Crippen LogP contribution in [0.4, 0.5) is 0 Å². The van der Waals surface area contributed by atoms with Gasteiger partial charge in [-0.2, -0.15) is 0 Å². The predicted octanol–water partition coefficient (Wildman–Crippen LogP) is 2.99. The first kappa shape index (κ1) is 11.7. The number of carbonyl (C=O) groups is 1. The van der Waals surface area contributed by atoms with Gasteiger partial charge in [-0.25, -0.2) is 9.78 Å². The van der Waals surface area contributed by atoms with E-state index in [4.69, 9.17) is 4.74 Å². The molecule has 3 nitrogen and oxygen atoms in total. The number of ether oxygens (including phenoxy) is 1. The third kappa shape index (κ3) is 3.38. The van der Waals surface area contributed by atoms with Gasteiger partial charge < -0.3 is 4.74 Å². The summed E-state index contributed by atoms with van der Waals surface area (Å²) >= 11 is 4.72. The van der Waals surface area contributed by atoms with Gasteiger partial charge in [0.05, 0.1) is 5.33 Å². The minimum atomic E-state index is -0.463. The molecule has 0 amide bonds. The number of nitrogens with zero attached hydrogens (tertiary/aromatic N) is 1. The highest BCUT2D eigenvalue weighted by Gasteiger charge is 2.19. The van der Waals surface area contributed by atoms with E-state index in [1.807, 2.05) is 20.8 Å². The van der Waals surface area contributed by atoms with Crippen LogP contribution in [0.2, 0.25) is 0 Å². The highest BCUT2D eigenvalue weighted by Crippen LogP contribution is 2.16. The lowest BCUT2D eigenvalue weighted by Gasteiger charge is -2.18. The number of rotatable bonds is 2. The lowest BCUT2D eigenvalue weighted by Crippen LogP contribution is -2.24. The highest BCUT2D eigenvalue weighted by molar-refractivity contribution is 9.08. The van der Waals surface area contributed by atoms with Crippen molar-refractivity contribution in [2.24, 2.45) is 0 Å². The van der Waals surface area contributed by atoms with Gasteiger partial charge in [0.2, 0.25) is 0 Å². The Morgan fingerprint density at radius 1 is 1.64 bits per heavy atom. The zero-order chi connectivity index (χ0) is 10.8. The largest absolute Gasteiger partial charge is 0.455 e. The molecule has 0 aliphatic rings. The second-order valence-electron chi connectivity index (χ2n) is 3.76. The summed E-state index contributed by atoms with van der Waals surface area (Å²) in [6.45, 7) is 5.51. The third-order valence-corrected chi connectivity index (χ3v) is 3.03. The van der Waals surface area contributed by atoms with Crippen LogP contribution in [0, 0.1) is 0 Å². The summed E-state index contributed by atoms with van der Waals surface area (Å²) in [6.07, 6.45) is 0. The molecule has 0 N–H and O–H groups in total. The lowest BCUT2D eigenvalue weighted by atomic mass is 10.2. The number of hydrogen-bond donors (Lipinski definition) is 0. The van der Waals surface area contributed by atoms with Crippen LogP contribution in [0.3, 0.4) is 0 Å². The molecule has 5 heteroatoms. The quantitative estimate of drug-likeness (QED) is 0.616. The number of carbonyl (C=O) groups excluding carboxylic acids is 1. The molecule has 78 valence electrons. The summed E-state index contributed by atoms with van der Waals surface area (Å²) in [5.74, 6) is -0.360. The van der Waals surface area contributed by atoms with E-state index in [1.54, 1.807) is 5.38 Å². The zero-order valence-electron chi connectivity index (χ0n) is 8.33. The molecular weight excluding hydrogens is 266 g/mol. The average Bonchev–Trinajstić information content (AvgIpc) is 2.48. The molecule has 0 radical (unpaired) electrons. The van der Waals surface area contributed by atoms with Crippen LogP contribution < -0.4 is 0 Å². The topological polar surface area (TPSA) is 39.2 Å². The first-order valence-electron chi connectivity index (χ1n) is 4.16. The molecule has 0 saturated heterocycles. The Morgan fingerprint density at radius 3 is 2.71 bits per heavy atom. The van der Waals surface area contributed by atoms with Crippen LogP contribution in [0.5, 0.6) is 0 Å². The van der Waals surface area contributed by atoms with Gasteiger partial charge in [-0.3, -0.25) is 0 Å². The van der Waals surface area contributed by atoms with E-state index in [1.165, 1.54) is 11.3 Å². The fourth-order valence-electron chi connectivity index (χ4n) is 0.796. The van der Waals surface area contributed by atoms with Crippen molar-refractivity contribution in [2.75, 3.05) is 0 Å². The summed E-state index contributed by atoms with van der Waals surface area (Å²) in [4.78, 5) is 15.6. The van der Waals surface area contributed by atoms with Crippen molar-refractivity contribution < 1.29 is 9.53 Å². The molecule has 0 aliphatic heterocycles. The molecule has 0 bridgehead atoms. The Morgan fingerprint density at radius 2 is 2.29 bits per heavy atom. The summed E-state index contributed by atoms with van der Waals surface area (Å²) in [5.41, 5.74) is -0.0747. The Balaban J connectivity index is 2.70. The molecule has 0 unspecified atom stereocenters. The Hall–Kier alpha value is -0.420. The second-order valence-corrected chi connectivity index (χ2v) is 5.27. The number of alkyl halides is 1. The Kier molecular flexibility index (Phi) is 3.66. The fourth-order valence-corrected chi connectivity index (χ4v) is 1.93. The van der Waals surface area contributed by atoms with Gasteiger partial charge >= 0.3 is 5.97 Å². The number of esters is 1. The lowest BCUT2D eigenvalue weighted by molar-refractivity contribution is 0.00636. The van der Waals surface area contributed by atoms with Gasteiger partial charge in [0, 0.05) is 5.38 Å². The maximum Gasteiger partial charge on any atom is 0.358 e. The minimum absolute atomic E-state index is 0.360. The van der Waals surface area contributed by atoms with E-state index < -0.39 is 5.60 Å². The monoisotopic (exact) mass is 277 g/mol. The van der Waals surface area contributed by atoms with Crippen molar-refractivity contribution in [1.82, 2.24) is 4.98 Å². The van der Waals surface area contributed by atoms with Gasteiger partial charge in [0.15, 0.2) is 5.69 Å². The number of aromatic nitrogens is 1. The van der Waals surface area contributed by atoms with Gasteiger partial charge in [-0.15, -0.1) is 11.3 Å². The van der Waals surface area contributed by atoms with Crippen LogP contribution in [0.25, 0.3) is 0 Å². The smallest absolute Gasteiger partial charge is 0.358 e. The van der Waals surface area contributed by atoms with E-state index in [-0.39, 0.29) is 5.97 Å². The second kappa shape index (κ2) is 4.40. The first-order valence-corrected chi connectivity index (χ1v) is 6.16. The van der Waals surface area contributed by atoms with E-state index in [2.05, 4.69) is 20.9 Å². The molecule has 1 heterocycles. The number of hydrogen-bond acceptors (Lipinski definition) is 4. The van der Waals surface area contributed by atoms with Crippen LogP contribution in [0.1, 0.15) is 36.3 Å². The van der Waals surface area contributed by atoms with Gasteiger partial charge in [0.25, 0.3) is 0 Å². The standard InChI is InChI=1S/C9H12BrNO2S/c1-9(2,3)13-8(12)6-5-14-7(4-10)11-6/h5H,4H2,1-3H3. The van der Waals surface area contributed by atoms with Gasteiger partial charge in [-0.1, -0.05) is 15.9 Å². The number of thiazole rings is 1. The van der Waals surface area contributed by atoms with E-state index >= 15 is 0 Å². The Bertz CT molecular complexity index is 330. The van der Waals surface area contributed by atoms with Crippen LogP contribution >= 0.6 is 27.3 Å². The van der Waals surface area contributed by atoms with E-state index in [0.717, 1.165) is 5.01 Å². The molecule has 0 atom stereocenters. The van der Waals surface area contributed by atoms with Crippen LogP contribution in [-0.2, 0) is 10.1 Å². The molecule has 0 aromatic carbocycles. The molecule has 1 aromatic heterocycles. The first-order chi connectivity index (χ1) is 6.42. The molecule has 14 heavy (non-hydrogen) atoms. The maximum atomic E-state index is 11.5. The summed E-state index contributed by atoms with van der Waals surface area (Å²) in [5, 5.41) is 3.26. The molecule has 0 fully saturated rings. The van der Waals surface area contributed by atoms with Crippen molar-refractivity contribution in [3.8, 4) is 0 Å². The predicted molar refractivity (Wildman–Crippen MR) is 59.9 cm³/mol. The zero-order valence-corrected chi connectivity index (χ0v) is 10.7. The molecular formula is C9H12BrNO2S. The maximum absolute atomic E-state index is 11.5. The summed E-state index contributed by atoms with van der Waals surface area (Å²) in [7, 11) is 0. The van der Waals surface area contributed by atoms with Gasteiger partial charge in [-0.05, 0) is 20.8 Å². The van der Waals surface area contributed by atoms with Crippen molar-refractivity contribution in [1.29, 1.82) is 0 Å². The Labute approximate surface area is 95.6 Å². The van der Waals surface area contributed by atoms with Crippen molar-refractivity contribution in [3.63, 3.8) is 0 Å². The third-order valence-electron chi connectivity index (χ3n) is 1.27. The fraction of sp³-hybridized carbons (Fsp3) is 0.556. The highest BCUT2D eigenvalue weighted by atomic mass is 79.9. The molecule has 0 saturated carbocycles. The van der Waals surface area contributed by atoms with Crippen LogP contribution in [-0.4, -0.2) is 16.6 Å². The van der Waals surface area contributed by atoms with E-state index in [9.17, 15) is 4.79 Å². The van der Waals surface area contributed by atoms with Gasteiger partial charge in [0.1, 0.15) is 10.6 Å². The molecule has 1 rings (SSSR count). The van der Waals surface area contributed by atoms with E-state index in [0.29, 0.717) is 11.0 Å². The SMILES string of the molecule is CC(C)(C)OC(=O)c1csc(CBr)n1. The number of halogens is 1. The summed E-state index contributed by atoms with van der Waals surface area (Å²) in [6, 6.07) is 0. The minimum Gasteiger partial charge on any atom is -0.455 e. The molecule has 0 spiro atoms. The normalized spacial score (nSPS) is 11.4. The average molecular weight is 278 g/mol. The molecule has 1 aromatic rings. The van der Waals surface area contributed by atoms with Crippen molar-refractivity contribution >= 4 is 33.2 Å². The van der Waals surface area contributed by atoms with Crippen LogP contribution in [0.15, 0.2) is 5.38 Å². The summed E-state index contributed by atoms with van der Waals surface area (Å²) < 4.78 is 5.17.